The molecule has 0 radical (unpaired) electrons. The first-order chi connectivity index (χ1) is 13.8. The summed E-state index contributed by atoms with van der Waals surface area (Å²) in [6.07, 6.45) is 5.77. The molecule has 7 nitrogen and oxygen atoms in total. The summed E-state index contributed by atoms with van der Waals surface area (Å²) < 4.78 is 11.0. The quantitative estimate of drug-likeness (QED) is 0.855. The van der Waals surface area contributed by atoms with Crippen LogP contribution in [0.3, 0.4) is 0 Å². The number of ether oxygens (including phenoxy) is 2. The van der Waals surface area contributed by atoms with E-state index >= 15 is 0 Å². The Morgan fingerprint density at radius 3 is 3.00 bits per heavy atom. The van der Waals surface area contributed by atoms with E-state index in [1.54, 1.807) is 13.2 Å². The number of fused-ring (bicyclic) bond motifs is 1. The van der Waals surface area contributed by atoms with Gasteiger partial charge in [-0.15, -0.1) is 0 Å². The van der Waals surface area contributed by atoms with Crippen molar-refractivity contribution in [2.75, 3.05) is 26.8 Å². The maximum Gasteiger partial charge on any atom is 0.261 e. The van der Waals surface area contributed by atoms with Crippen molar-refractivity contribution < 1.29 is 14.3 Å². The van der Waals surface area contributed by atoms with Gasteiger partial charge in [-0.25, -0.2) is 9.97 Å². The molecule has 1 saturated heterocycles. The molecule has 1 amide bonds. The predicted octanol–water partition coefficient (Wildman–Crippen LogP) is 2.26. The number of piperidine rings is 1. The highest BCUT2D eigenvalue weighted by molar-refractivity contribution is 5.78. The van der Waals surface area contributed by atoms with Crippen LogP contribution in [0.15, 0.2) is 30.5 Å². The number of carbonyl (C=O) groups is 1. The van der Waals surface area contributed by atoms with E-state index in [0.717, 1.165) is 55.9 Å². The summed E-state index contributed by atoms with van der Waals surface area (Å²) >= 11 is 0. The first-order valence-corrected chi connectivity index (χ1v) is 9.87. The maximum absolute atomic E-state index is 12.9. The van der Waals surface area contributed by atoms with Crippen LogP contribution in [-0.4, -0.2) is 47.6 Å². The zero-order chi connectivity index (χ0) is 19.3. The fourth-order valence-corrected chi connectivity index (χ4v) is 3.87. The van der Waals surface area contributed by atoms with Crippen molar-refractivity contribution in [1.82, 2.24) is 20.2 Å². The highest BCUT2D eigenvalue weighted by Crippen LogP contribution is 2.30. The van der Waals surface area contributed by atoms with Gasteiger partial charge in [0.2, 0.25) is 0 Å². The van der Waals surface area contributed by atoms with Crippen LogP contribution in [0.2, 0.25) is 0 Å². The molecular weight excluding hydrogens is 356 g/mol. The number of likely N-dealkylation sites (tertiary alicyclic amines) is 1. The normalized spacial score (nSPS) is 19.0. The summed E-state index contributed by atoms with van der Waals surface area (Å²) in [5, 5.41) is 3.34. The summed E-state index contributed by atoms with van der Waals surface area (Å²) in [6.45, 7) is 2.44. The minimum absolute atomic E-state index is 0.0221. The third-order valence-electron chi connectivity index (χ3n) is 5.37. The van der Waals surface area contributed by atoms with E-state index in [0.29, 0.717) is 18.0 Å². The van der Waals surface area contributed by atoms with E-state index in [9.17, 15) is 4.79 Å². The zero-order valence-electron chi connectivity index (χ0n) is 16.2. The van der Waals surface area contributed by atoms with Gasteiger partial charge in [0.05, 0.1) is 13.2 Å². The number of aromatic nitrogens is 2. The van der Waals surface area contributed by atoms with E-state index in [4.69, 9.17) is 14.5 Å². The average molecular weight is 382 g/mol. The third-order valence-corrected chi connectivity index (χ3v) is 5.37. The molecule has 1 aromatic carbocycles. The third kappa shape index (κ3) is 3.94. The minimum Gasteiger partial charge on any atom is -0.493 e. The fraction of sp³-hybridized carbons (Fsp3) is 0.476. The van der Waals surface area contributed by atoms with Gasteiger partial charge in [-0.3, -0.25) is 4.79 Å². The standard InChI is InChI=1S/C21H26N4O3/c1-27-18-7-2-3-8-19(18)28-14-20(26)25-11-5-4-6-17(25)21-23-13-15-12-22-10-9-16(15)24-21/h2-3,7-8,13,17,22H,4-6,9-12,14H2,1H3. The number of hydrogen-bond donors (Lipinski definition) is 1. The Kier molecular flexibility index (Phi) is 5.71. The van der Waals surface area contributed by atoms with Gasteiger partial charge in [-0.05, 0) is 31.4 Å². The lowest BCUT2D eigenvalue weighted by atomic mass is 10.0. The van der Waals surface area contributed by atoms with Crippen LogP contribution in [0.25, 0.3) is 0 Å². The van der Waals surface area contributed by atoms with Crippen molar-refractivity contribution >= 4 is 5.91 Å². The van der Waals surface area contributed by atoms with Crippen molar-refractivity contribution in [3.63, 3.8) is 0 Å². The second-order valence-corrected chi connectivity index (χ2v) is 7.17. The molecule has 2 aliphatic rings. The van der Waals surface area contributed by atoms with Crippen LogP contribution in [-0.2, 0) is 17.8 Å². The first-order valence-electron chi connectivity index (χ1n) is 9.87. The second kappa shape index (κ2) is 8.56. The number of amides is 1. The second-order valence-electron chi connectivity index (χ2n) is 7.17. The van der Waals surface area contributed by atoms with Crippen molar-refractivity contribution in [1.29, 1.82) is 0 Å². The Balaban J connectivity index is 1.48. The SMILES string of the molecule is COc1ccccc1OCC(=O)N1CCCCC1c1ncc2c(n1)CCNC2. The van der Waals surface area contributed by atoms with Gasteiger partial charge >= 0.3 is 0 Å². The fourth-order valence-electron chi connectivity index (χ4n) is 3.87. The summed E-state index contributed by atoms with van der Waals surface area (Å²) in [6, 6.07) is 7.28. The Morgan fingerprint density at radius 2 is 2.14 bits per heavy atom. The molecule has 0 saturated carbocycles. The van der Waals surface area contributed by atoms with Crippen LogP contribution in [0.4, 0.5) is 0 Å². The Morgan fingerprint density at radius 1 is 1.29 bits per heavy atom. The molecule has 4 rings (SSSR count). The Labute approximate surface area is 165 Å². The maximum atomic E-state index is 12.9. The van der Waals surface area contributed by atoms with Gasteiger partial charge in [0.25, 0.3) is 5.91 Å². The number of methoxy groups -OCH3 is 1. The van der Waals surface area contributed by atoms with Gasteiger partial charge in [-0.2, -0.15) is 0 Å². The zero-order valence-corrected chi connectivity index (χ0v) is 16.2. The van der Waals surface area contributed by atoms with E-state index in [1.165, 1.54) is 0 Å². The lowest BCUT2D eigenvalue weighted by molar-refractivity contribution is -0.137. The smallest absolute Gasteiger partial charge is 0.261 e. The molecule has 28 heavy (non-hydrogen) atoms. The first kappa shape index (κ1) is 18.7. The van der Waals surface area contributed by atoms with Crippen LogP contribution >= 0.6 is 0 Å². The van der Waals surface area contributed by atoms with Crippen molar-refractivity contribution in [3.8, 4) is 11.5 Å². The van der Waals surface area contributed by atoms with Crippen molar-refractivity contribution in [2.45, 2.75) is 38.3 Å². The van der Waals surface area contributed by atoms with Gasteiger partial charge < -0.3 is 19.7 Å². The van der Waals surface area contributed by atoms with Crippen LogP contribution in [0.1, 0.15) is 42.4 Å². The monoisotopic (exact) mass is 382 g/mol. The van der Waals surface area contributed by atoms with E-state index < -0.39 is 0 Å². The lowest BCUT2D eigenvalue weighted by Gasteiger charge is -2.35. The topological polar surface area (TPSA) is 76.6 Å². The molecule has 1 N–H and O–H groups in total. The van der Waals surface area contributed by atoms with Gasteiger partial charge in [0.1, 0.15) is 0 Å². The molecule has 2 aromatic rings. The van der Waals surface area contributed by atoms with Crippen LogP contribution in [0.5, 0.6) is 11.5 Å². The summed E-state index contributed by atoms with van der Waals surface area (Å²) in [7, 11) is 1.59. The van der Waals surface area contributed by atoms with Gasteiger partial charge in [-0.1, -0.05) is 12.1 Å². The number of rotatable bonds is 5. The van der Waals surface area contributed by atoms with Crippen molar-refractivity contribution in [3.05, 3.63) is 47.5 Å². The van der Waals surface area contributed by atoms with E-state index in [-0.39, 0.29) is 18.6 Å². The number of nitrogens with zero attached hydrogens (tertiary/aromatic N) is 3. The molecule has 1 aromatic heterocycles. The number of carbonyl (C=O) groups excluding carboxylic acids is 1. The number of benzene rings is 1. The molecule has 1 fully saturated rings. The largest absolute Gasteiger partial charge is 0.493 e. The summed E-state index contributed by atoms with van der Waals surface area (Å²) in [5.41, 5.74) is 2.26. The van der Waals surface area contributed by atoms with E-state index in [2.05, 4.69) is 10.3 Å². The number of hydrogen-bond acceptors (Lipinski definition) is 6. The minimum atomic E-state index is -0.0808. The van der Waals surface area contributed by atoms with Gasteiger partial charge in [0, 0.05) is 43.5 Å². The highest BCUT2D eigenvalue weighted by atomic mass is 16.5. The molecule has 1 unspecified atom stereocenters. The lowest BCUT2D eigenvalue weighted by Crippen LogP contribution is -2.42. The molecule has 0 spiro atoms. The van der Waals surface area contributed by atoms with Crippen LogP contribution in [0, 0.1) is 0 Å². The van der Waals surface area contributed by atoms with Crippen LogP contribution < -0.4 is 14.8 Å². The average Bonchev–Trinajstić information content (AvgIpc) is 2.77. The molecule has 0 bridgehead atoms. The molecular formula is C21H26N4O3. The van der Waals surface area contributed by atoms with Crippen molar-refractivity contribution in [2.24, 2.45) is 0 Å². The molecule has 7 heteroatoms. The number of para-hydroxylation sites is 2. The molecule has 1 atom stereocenters. The Bertz CT molecular complexity index is 842. The highest BCUT2D eigenvalue weighted by Gasteiger charge is 2.31. The molecule has 3 heterocycles. The molecule has 2 aliphatic heterocycles. The predicted molar refractivity (Wildman–Crippen MR) is 104 cm³/mol. The van der Waals surface area contributed by atoms with Gasteiger partial charge in [0.15, 0.2) is 23.9 Å². The van der Waals surface area contributed by atoms with E-state index in [1.807, 2.05) is 29.3 Å². The summed E-state index contributed by atoms with van der Waals surface area (Å²) in [4.78, 5) is 24.2. The summed E-state index contributed by atoms with van der Waals surface area (Å²) in [5.74, 6) is 1.91. The molecule has 0 aliphatic carbocycles. The number of nitrogens with one attached hydrogen (secondary N) is 1. The molecule has 148 valence electrons. The Hall–Kier alpha value is -2.67.